The molecule has 1 aromatic rings. The van der Waals surface area contributed by atoms with Crippen LogP contribution in [0.2, 0.25) is 0 Å². The molecule has 2 fully saturated rings. The predicted octanol–water partition coefficient (Wildman–Crippen LogP) is 3.54. The number of amides is 3. The lowest BCUT2D eigenvalue weighted by molar-refractivity contribution is 0.0917. The monoisotopic (exact) mass is 357 g/mol. The van der Waals surface area contributed by atoms with Gasteiger partial charge in [0, 0.05) is 30.7 Å². The molecule has 1 aliphatic carbocycles. The molecule has 3 rings (SSSR count). The lowest BCUT2D eigenvalue weighted by atomic mass is 9.95. The van der Waals surface area contributed by atoms with E-state index in [2.05, 4.69) is 16.7 Å². The SMILES string of the molecule is Cc1cc(C)cc(C(=O)NC2CCN(C(=O)NC3CCCCC3)CC2)c1. The lowest BCUT2D eigenvalue weighted by Gasteiger charge is -2.34. The Balaban J connectivity index is 1.45. The molecular formula is C21H31N3O2. The van der Waals surface area contributed by atoms with Crippen molar-refractivity contribution in [1.82, 2.24) is 15.5 Å². The molecule has 26 heavy (non-hydrogen) atoms. The highest BCUT2D eigenvalue weighted by molar-refractivity contribution is 5.94. The second-order valence-electron chi connectivity index (χ2n) is 7.90. The molecule has 0 spiro atoms. The van der Waals surface area contributed by atoms with Gasteiger partial charge in [0.2, 0.25) is 0 Å². The molecule has 0 atom stereocenters. The van der Waals surface area contributed by atoms with Crippen LogP contribution < -0.4 is 10.6 Å². The Bertz CT molecular complexity index is 624. The molecule has 5 nitrogen and oxygen atoms in total. The first kappa shape index (κ1) is 18.7. The maximum atomic E-state index is 12.5. The fraction of sp³-hybridized carbons (Fsp3) is 0.619. The largest absolute Gasteiger partial charge is 0.349 e. The van der Waals surface area contributed by atoms with Crippen LogP contribution in [0.15, 0.2) is 18.2 Å². The van der Waals surface area contributed by atoms with Crippen molar-refractivity contribution in [2.24, 2.45) is 0 Å². The van der Waals surface area contributed by atoms with Gasteiger partial charge in [-0.3, -0.25) is 4.79 Å². The standard InChI is InChI=1S/C21H31N3O2/c1-15-12-16(2)14-17(13-15)20(25)22-19-8-10-24(11-9-19)21(26)23-18-6-4-3-5-7-18/h12-14,18-19H,3-11H2,1-2H3,(H,22,25)(H,23,26). The maximum absolute atomic E-state index is 12.5. The number of nitrogens with zero attached hydrogens (tertiary/aromatic N) is 1. The quantitative estimate of drug-likeness (QED) is 0.869. The van der Waals surface area contributed by atoms with Crippen LogP contribution in [-0.2, 0) is 0 Å². The summed E-state index contributed by atoms with van der Waals surface area (Å²) in [6, 6.07) is 6.47. The number of carbonyl (C=O) groups is 2. The Morgan fingerprint density at radius 2 is 1.42 bits per heavy atom. The molecule has 1 aliphatic heterocycles. The summed E-state index contributed by atoms with van der Waals surface area (Å²) in [5.41, 5.74) is 2.92. The third-order valence-corrected chi connectivity index (χ3v) is 5.53. The van der Waals surface area contributed by atoms with Crippen molar-refractivity contribution < 1.29 is 9.59 Å². The van der Waals surface area contributed by atoms with E-state index in [-0.39, 0.29) is 18.0 Å². The zero-order chi connectivity index (χ0) is 18.5. The third kappa shape index (κ3) is 4.99. The smallest absolute Gasteiger partial charge is 0.317 e. The Labute approximate surface area is 156 Å². The highest BCUT2D eigenvalue weighted by atomic mass is 16.2. The summed E-state index contributed by atoms with van der Waals surface area (Å²) in [6.07, 6.45) is 7.57. The van der Waals surface area contributed by atoms with Crippen molar-refractivity contribution in [2.45, 2.75) is 70.9 Å². The van der Waals surface area contributed by atoms with Gasteiger partial charge in [-0.15, -0.1) is 0 Å². The molecular weight excluding hydrogens is 326 g/mol. The van der Waals surface area contributed by atoms with Crippen molar-refractivity contribution in [3.8, 4) is 0 Å². The number of urea groups is 1. The van der Waals surface area contributed by atoms with E-state index in [1.165, 1.54) is 19.3 Å². The minimum atomic E-state index is -0.0121. The molecule has 1 saturated carbocycles. The number of benzene rings is 1. The highest BCUT2D eigenvalue weighted by Gasteiger charge is 2.26. The van der Waals surface area contributed by atoms with E-state index in [4.69, 9.17) is 0 Å². The zero-order valence-corrected chi connectivity index (χ0v) is 16.0. The van der Waals surface area contributed by atoms with Crippen molar-refractivity contribution in [3.05, 3.63) is 34.9 Å². The van der Waals surface area contributed by atoms with Crippen LogP contribution in [0, 0.1) is 13.8 Å². The topological polar surface area (TPSA) is 61.4 Å². The van der Waals surface area contributed by atoms with Gasteiger partial charge in [-0.05, 0) is 51.7 Å². The summed E-state index contributed by atoms with van der Waals surface area (Å²) in [4.78, 5) is 26.8. The first-order valence-electron chi connectivity index (χ1n) is 9.96. The fourth-order valence-corrected chi connectivity index (χ4v) is 4.11. The number of aryl methyl sites for hydroxylation is 2. The summed E-state index contributed by atoms with van der Waals surface area (Å²) in [6.45, 7) is 5.42. The number of hydrogen-bond acceptors (Lipinski definition) is 2. The Morgan fingerprint density at radius 3 is 2.04 bits per heavy atom. The van der Waals surface area contributed by atoms with Crippen LogP contribution in [0.3, 0.4) is 0 Å². The summed E-state index contributed by atoms with van der Waals surface area (Å²) >= 11 is 0. The molecule has 2 N–H and O–H groups in total. The van der Waals surface area contributed by atoms with Gasteiger partial charge in [0.05, 0.1) is 0 Å². The van der Waals surface area contributed by atoms with Gasteiger partial charge in [0.15, 0.2) is 0 Å². The van der Waals surface area contributed by atoms with E-state index in [1.807, 2.05) is 30.9 Å². The molecule has 142 valence electrons. The van der Waals surface area contributed by atoms with Crippen molar-refractivity contribution >= 4 is 11.9 Å². The maximum Gasteiger partial charge on any atom is 0.317 e. The second kappa shape index (κ2) is 8.56. The van der Waals surface area contributed by atoms with E-state index in [0.29, 0.717) is 19.1 Å². The second-order valence-corrected chi connectivity index (χ2v) is 7.90. The molecule has 1 aromatic carbocycles. The molecule has 1 saturated heterocycles. The molecule has 0 aromatic heterocycles. The number of rotatable bonds is 3. The van der Waals surface area contributed by atoms with Gasteiger partial charge in [-0.25, -0.2) is 4.79 Å². The van der Waals surface area contributed by atoms with Crippen LogP contribution in [0.1, 0.15) is 66.4 Å². The van der Waals surface area contributed by atoms with Gasteiger partial charge in [-0.2, -0.15) is 0 Å². The highest BCUT2D eigenvalue weighted by Crippen LogP contribution is 2.18. The van der Waals surface area contributed by atoms with Gasteiger partial charge in [0.25, 0.3) is 5.91 Å². The normalized spacial score (nSPS) is 19.2. The van der Waals surface area contributed by atoms with Crippen LogP contribution in [0.25, 0.3) is 0 Å². The number of carbonyl (C=O) groups excluding carboxylic acids is 2. The van der Waals surface area contributed by atoms with Gasteiger partial charge in [0.1, 0.15) is 0 Å². The minimum Gasteiger partial charge on any atom is -0.349 e. The van der Waals surface area contributed by atoms with Crippen molar-refractivity contribution in [3.63, 3.8) is 0 Å². The summed E-state index contributed by atoms with van der Waals surface area (Å²) < 4.78 is 0. The van der Waals surface area contributed by atoms with E-state index in [1.54, 1.807) is 0 Å². The van der Waals surface area contributed by atoms with Gasteiger partial charge >= 0.3 is 6.03 Å². The molecule has 3 amide bonds. The van der Waals surface area contributed by atoms with Crippen LogP contribution >= 0.6 is 0 Å². The van der Waals surface area contributed by atoms with E-state index < -0.39 is 0 Å². The molecule has 1 heterocycles. The Morgan fingerprint density at radius 1 is 0.846 bits per heavy atom. The van der Waals surface area contributed by atoms with Crippen LogP contribution in [0.4, 0.5) is 4.79 Å². The van der Waals surface area contributed by atoms with E-state index in [0.717, 1.165) is 42.4 Å². The zero-order valence-electron chi connectivity index (χ0n) is 16.0. The first-order chi connectivity index (χ1) is 12.5. The summed E-state index contributed by atoms with van der Waals surface area (Å²) in [7, 11) is 0. The average molecular weight is 357 g/mol. The first-order valence-corrected chi connectivity index (χ1v) is 9.96. The van der Waals surface area contributed by atoms with Crippen LogP contribution in [-0.4, -0.2) is 42.0 Å². The molecule has 2 aliphatic rings. The van der Waals surface area contributed by atoms with Gasteiger partial charge < -0.3 is 15.5 Å². The van der Waals surface area contributed by atoms with Gasteiger partial charge in [-0.1, -0.05) is 36.5 Å². The number of hydrogen-bond donors (Lipinski definition) is 2. The summed E-state index contributed by atoms with van der Waals surface area (Å²) in [5, 5.41) is 6.32. The molecule has 0 radical (unpaired) electrons. The number of nitrogens with one attached hydrogen (secondary N) is 2. The third-order valence-electron chi connectivity index (χ3n) is 5.53. The molecule has 0 unspecified atom stereocenters. The Kier molecular flexibility index (Phi) is 6.17. The number of likely N-dealkylation sites (tertiary alicyclic amines) is 1. The predicted molar refractivity (Wildman–Crippen MR) is 103 cm³/mol. The summed E-state index contributed by atoms with van der Waals surface area (Å²) in [5.74, 6) is -0.0121. The van der Waals surface area contributed by atoms with E-state index >= 15 is 0 Å². The molecule has 0 bridgehead atoms. The van der Waals surface area contributed by atoms with E-state index in [9.17, 15) is 9.59 Å². The fourth-order valence-electron chi connectivity index (χ4n) is 4.11. The Hall–Kier alpha value is -2.04. The lowest BCUT2D eigenvalue weighted by Crippen LogP contribution is -2.51. The van der Waals surface area contributed by atoms with Crippen LogP contribution in [0.5, 0.6) is 0 Å². The number of piperidine rings is 1. The average Bonchev–Trinajstić information content (AvgIpc) is 2.62. The van der Waals surface area contributed by atoms with Crippen molar-refractivity contribution in [1.29, 1.82) is 0 Å². The minimum absolute atomic E-state index is 0.0121. The molecule has 5 heteroatoms. The van der Waals surface area contributed by atoms with Crippen molar-refractivity contribution in [2.75, 3.05) is 13.1 Å².